The van der Waals surface area contributed by atoms with Crippen LogP contribution in [0.2, 0.25) is 0 Å². The van der Waals surface area contributed by atoms with E-state index in [1.165, 1.54) is 6.26 Å². The van der Waals surface area contributed by atoms with Gasteiger partial charge in [0.05, 0.1) is 12.0 Å². The summed E-state index contributed by atoms with van der Waals surface area (Å²) in [6, 6.07) is 10.5. The molecule has 0 saturated carbocycles. The topological polar surface area (TPSA) is 63.5 Å². The molecule has 2 aromatic rings. The number of para-hydroxylation sites is 2. The predicted molar refractivity (Wildman–Crippen MR) is 89.1 cm³/mol. The van der Waals surface area contributed by atoms with E-state index in [2.05, 4.69) is 17.2 Å². The van der Waals surface area contributed by atoms with Gasteiger partial charge in [0.2, 0.25) is 0 Å². The van der Waals surface area contributed by atoms with Crippen molar-refractivity contribution in [2.75, 3.05) is 11.9 Å². The molecular weight excluding hydrogens is 300 g/mol. The normalized spacial score (nSPS) is 9.86. The third-order valence-electron chi connectivity index (χ3n) is 2.58. The average molecular weight is 316 g/mol. The largest absolute Gasteiger partial charge is 0.487 e. The van der Waals surface area contributed by atoms with Gasteiger partial charge in [-0.25, -0.2) is 0 Å². The molecule has 2 N–H and O–H groups in total. The van der Waals surface area contributed by atoms with E-state index < -0.39 is 5.91 Å². The molecule has 0 spiro atoms. The Morgan fingerprint density at radius 3 is 2.77 bits per heavy atom. The molecule has 5 nitrogen and oxygen atoms in total. The fourth-order valence-electron chi connectivity index (χ4n) is 1.62. The Morgan fingerprint density at radius 2 is 2.09 bits per heavy atom. The van der Waals surface area contributed by atoms with Crippen molar-refractivity contribution in [1.29, 1.82) is 0 Å². The number of anilines is 1. The molecule has 114 valence electrons. The number of amides is 1. The van der Waals surface area contributed by atoms with Crippen LogP contribution in [-0.2, 0) is 0 Å². The van der Waals surface area contributed by atoms with E-state index in [9.17, 15) is 4.79 Å². The Bertz CT molecular complexity index is 680. The number of rotatable bonds is 5. The Kier molecular flexibility index (Phi) is 5.32. The second-order valence-electron chi connectivity index (χ2n) is 4.63. The molecule has 0 saturated heterocycles. The fourth-order valence-corrected chi connectivity index (χ4v) is 1.83. The maximum absolute atomic E-state index is 11.8. The van der Waals surface area contributed by atoms with Crippen molar-refractivity contribution in [3.8, 4) is 5.75 Å². The number of ether oxygens (including phenoxy) is 1. The Hall–Kier alpha value is -2.60. The van der Waals surface area contributed by atoms with Crippen LogP contribution in [-0.4, -0.2) is 17.6 Å². The SMILES string of the molecule is C=C(C)COc1ccccc1NC(=S)NC(=O)c1ccco1. The number of hydrogen-bond donors (Lipinski definition) is 2. The summed E-state index contributed by atoms with van der Waals surface area (Å²) >= 11 is 5.12. The van der Waals surface area contributed by atoms with Crippen LogP contribution < -0.4 is 15.4 Å². The Labute approximate surface area is 134 Å². The van der Waals surface area contributed by atoms with Crippen LogP contribution in [0.5, 0.6) is 5.75 Å². The minimum atomic E-state index is -0.414. The first kappa shape index (κ1) is 15.8. The van der Waals surface area contributed by atoms with E-state index in [-0.39, 0.29) is 10.9 Å². The monoisotopic (exact) mass is 316 g/mol. The first-order valence-electron chi connectivity index (χ1n) is 6.58. The van der Waals surface area contributed by atoms with Gasteiger partial charge in [0, 0.05) is 0 Å². The summed E-state index contributed by atoms with van der Waals surface area (Å²) in [5, 5.41) is 5.63. The van der Waals surface area contributed by atoms with Gasteiger partial charge in [-0.05, 0) is 49.0 Å². The Balaban J connectivity index is 1.99. The van der Waals surface area contributed by atoms with Gasteiger partial charge in [0.1, 0.15) is 12.4 Å². The minimum Gasteiger partial charge on any atom is -0.487 e. The van der Waals surface area contributed by atoms with Crippen LogP contribution in [0.25, 0.3) is 0 Å². The molecule has 0 aliphatic heterocycles. The van der Waals surface area contributed by atoms with E-state index in [1.807, 2.05) is 25.1 Å². The second-order valence-corrected chi connectivity index (χ2v) is 5.04. The molecule has 2 rings (SSSR count). The lowest BCUT2D eigenvalue weighted by atomic mass is 10.3. The molecule has 0 atom stereocenters. The lowest BCUT2D eigenvalue weighted by molar-refractivity contribution is 0.0950. The van der Waals surface area contributed by atoms with Crippen LogP contribution in [0.1, 0.15) is 17.5 Å². The maximum Gasteiger partial charge on any atom is 0.293 e. The van der Waals surface area contributed by atoms with E-state index in [4.69, 9.17) is 21.4 Å². The number of carbonyl (C=O) groups excluding carboxylic acids is 1. The van der Waals surface area contributed by atoms with Crippen molar-refractivity contribution in [2.24, 2.45) is 0 Å². The minimum absolute atomic E-state index is 0.160. The quantitative estimate of drug-likeness (QED) is 0.654. The molecule has 1 aromatic carbocycles. The summed E-state index contributed by atoms with van der Waals surface area (Å²) in [5.74, 6) is 0.402. The maximum atomic E-state index is 11.8. The zero-order valence-electron chi connectivity index (χ0n) is 12.1. The highest BCUT2D eigenvalue weighted by Gasteiger charge is 2.11. The van der Waals surface area contributed by atoms with Crippen molar-refractivity contribution in [3.63, 3.8) is 0 Å². The molecule has 1 heterocycles. The smallest absolute Gasteiger partial charge is 0.293 e. The van der Waals surface area contributed by atoms with Crippen molar-refractivity contribution < 1.29 is 13.9 Å². The van der Waals surface area contributed by atoms with E-state index in [0.717, 1.165) is 5.57 Å². The molecule has 0 radical (unpaired) electrons. The van der Waals surface area contributed by atoms with E-state index in [0.29, 0.717) is 18.0 Å². The number of hydrogen-bond acceptors (Lipinski definition) is 4. The summed E-state index contributed by atoms with van der Waals surface area (Å²) in [5.41, 5.74) is 1.57. The van der Waals surface area contributed by atoms with Gasteiger partial charge in [-0.1, -0.05) is 18.7 Å². The number of nitrogens with one attached hydrogen (secondary N) is 2. The number of thiocarbonyl (C=S) groups is 1. The third kappa shape index (κ3) is 4.46. The molecule has 22 heavy (non-hydrogen) atoms. The van der Waals surface area contributed by atoms with Gasteiger partial charge in [-0.2, -0.15) is 0 Å². The summed E-state index contributed by atoms with van der Waals surface area (Å²) in [6.07, 6.45) is 1.42. The highest BCUT2D eigenvalue weighted by atomic mass is 32.1. The second kappa shape index (κ2) is 7.42. The molecule has 6 heteroatoms. The lowest BCUT2D eigenvalue weighted by Gasteiger charge is -2.14. The first-order valence-corrected chi connectivity index (χ1v) is 6.99. The number of carbonyl (C=O) groups is 1. The zero-order chi connectivity index (χ0) is 15.9. The van der Waals surface area contributed by atoms with Crippen LogP contribution in [0.4, 0.5) is 5.69 Å². The number of benzene rings is 1. The van der Waals surface area contributed by atoms with Crippen LogP contribution in [0.15, 0.2) is 59.2 Å². The van der Waals surface area contributed by atoms with Crippen molar-refractivity contribution in [1.82, 2.24) is 5.32 Å². The molecular formula is C16H16N2O3S. The van der Waals surface area contributed by atoms with Crippen molar-refractivity contribution in [2.45, 2.75) is 6.92 Å². The highest BCUT2D eigenvalue weighted by Crippen LogP contribution is 2.24. The fraction of sp³-hybridized carbons (Fsp3) is 0.125. The van der Waals surface area contributed by atoms with Gasteiger partial charge in [0.15, 0.2) is 10.9 Å². The Morgan fingerprint density at radius 1 is 1.32 bits per heavy atom. The van der Waals surface area contributed by atoms with Crippen LogP contribution >= 0.6 is 12.2 Å². The third-order valence-corrected chi connectivity index (χ3v) is 2.79. The summed E-state index contributed by atoms with van der Waals surface area (Å²) in [7, 11) is 0. The van der Waals surface area contributed by atoms with Crippen LogP contribution in [0, 0.1) is 0 Å². The van der Waals surface area contributed by atoms with E-state index in [1.54, 1.807) is 18.2 Å². The summed E-state index contributed by atoms with van der Waals surface area (Å²) < 4.78 is 10.6. The first-order chi connectivity index (χ1) is 10.6. The predicted octanol–water partition coefficient (Wildman–Crippen LogP) is 3.36. The van der Waals surface area contributed by atoms with Crippen molar-refractivity contribution in [3.05, 3.63) is 60.6 Å². The van der Waals surface area contributed by atoms with Crippen molar-refractivity contribution >= 4 is 28.9 Å². The van der Waals surface area contributed by atoms with Gasteiger partial charge in [0.25, 0.3) is 5.91 Å². The standard InChI is InChI=1S/C16H16N2O3S/c1-11(2)10-21-13-7-4-3-6-12(13)17-16(22)18-15(19)14-8-5-9-20-14/h3-9H,1,10H2,2H3,(H2,17,18,19,22). The molecule has 0 aliphatic rings. The van der Waals surface area contributed by atoms with Gasteiger partial charge in [-0.15, -0.1) is 0 Å². The molecule has 0 aliphatic carbocycles. The molecule has 0 bridgehead atoms. The molecule has 1 aromatic heterocycles. The molecule has 1 amide bonds. The highest BCUT2D eigenvalue weighted by molar-refractivity contribution is 7.80. The van der Waals surface area contributed by atoms with E-state index >= 15 is 0 Å². The number of furan rings is 1. The molecule has 0 unspecified atom stereocenters. The lowest BCUT2D eigenvalue weighted by Crippen LogP contribution is -2.34. The summed E-state index contributed by atoms with van der Waals surface area (Å²) in [6.45, 7) is 6.08. The van der Waals surface area contributed by atoms with Gasteiger partial charge >= 0.3 is 0 Å². The van der Waals surface area contributed by atoms with Crippen LogP contribution in [0.3, 0.4) is 0 Å². The zero-order valence-corrected chi connectivity index (χ0v) is 12.9. The molecule has 0 fully saturated rings. The average Bonchev–Trinajstić information content (AvgIpc) is 3.00. The van der Waals surface area contributed by atoms with Gasteiger partial charge < -0.3 is 14.5 Å². The van der Waals surface area contributed by atoms with Gasteiger partial charge in [-0.3, -0.25) is 10.1 Å². The summed E-state index contributed by atoms with van der Waals surface area (Å²) in [4.78, 5) is 11.8.